The van der Waals surface area contributed by atoms with Crippen LogP contribution in [-0.2, 0) is 11.2 Å². The fraction of sp³-hybridized carbons (Fsp3) is 0.222. The molecule has 0 amide bonds. The van der Waals surface area contributed by atoms with Crippen LogP contribution in [0.4, 0.5) is 0 Å². The summed E-state index contributed by atoms with van der Waals surface area (Å²) in [6, 6.07) is -0.257. The van der Waals surface area contributed by atoms with E-state index in [9.17, 15) is 15.0 Å². The van der Waals surface area contributed by atoms with Gasteiger partial charge in [0.2, 0.25) is 5.75 Å². The predicted octanol–water partition coefficient (Wildman–Crippen LogP) is 0.411. The third-order valence-electron chi connectivity index (χ3n) is 2.05. The molecule has 16 heavy (non-hydrogen) atoms. The highest BCUT2D eigenvalue weighted by Gasteiger charge is 2.21. The Bertz CT molecular complexity index is 434. The summed E-state index contributed by atoms with van der Waals surface area (Å²) >= 11 is 5.68. The molecular formula is C9H10ClNO5. The van der Waals surface area contributed by atoms with Crippen LogP contribution in [0.2, 0.25) is 5.02 Å². The minimum Gasteiger partial charge on any atom is -0.504 e. The van der Waals surface area contributed by atoms with Crippen LogP contribution in [0.25, 0.3) is 0 Å². The molecule has 88 valence electrons. The molecule has 1 atom stereocenters. The first-order valence-corrected chi connectivity index (χ1v) is 4.63. The maximum atomic E-state index is 10.5. The van der Waals surface area contributed by atoms with Crippen molar-refractivity contribution in [1.82, 2.24) is 0 Å². The number of carboxylic acids is 1. The zero-order valence-corrected chi connectivity index (χ0v) is 8.77. The molecule has 0 heterocycles. The summed E-state index contributed by atoms with van der Waals surface area (Å²) in [6.45, 7) is 0. The van der Waals surface area contributed by atoms with E-state index in [1.54, 1.807) is 0 Å². The molecule has 6 N–H and O–H groups in total. The zero-order chi connectivity index (χ0) is 12.5. The first-order valence-electron chi connectivity index (χ1n) is 4.25. The van der Waals surface area contributed by atoms with Crippen molar-refractivity contribution in [2.45, 2.75) is 12.5 Å². The highest BCUT2D eigenvalue weighted by molar-refractivity contribution is 6.31. The molecule has 0 saturated carbocycles. The number of hydrogen-bond acceptors (Lipinski definition) is 5. The number of halogens is 1. The molecule has 0 aliphatic carbocycles. The van der Waals surface area contributed by atoms with Crippen molar-refractivity contribution in [2.24, 2.45) is 5.73 Å². The Hall–Kier alpha value is -1.66. The Morgan fingerprint density at radius 1 is 1.38 bits per heavy atom. The lowest BCUT2D eigenvalue weighted by Crippen LogP contribution is -2.32. The summed E-state index contributed by atoms with van der Waals surface area (Å²) in [5, 5.41) is 36.3. The van der Waals surface area contributed by atoms with Crippen LogP contribution in [-0.4, -0.2) is 32.4 Å². The Morgan fingerprint density at radius 3 is 2.44 bits per heavy atom. The SMILES string of the molecule is N[C@@H](Cc1c(Cl)cc(O)c(O)c1O)C(=O)O. The molecule has 6 nitrogen and oxygen atoms in total. The quantitative estimate of drug-likeness (QED) is 0.493. The van der Waals surface area contributed by atoms with Crippen molar-refractivity contribution in [3.05, 3.63) is 16.7 Å². The van der Waals surface area contributed by atoms with E-state index in [0.717, 1.165) is 6.07 Å². The summed E-state index contributed by atoms with van der Waals surface area (Å²) in [4.78, 5) is 10.5. The Morgan fingerprint density at radius 2 is 1.94 bits per heavy atom. The van der Waals surface area contributed by atoms with Crippen molar-refractivity contribution < 1.29 is 25.2 Å². The van der Waals surface area contributed by atoms with Crippen LogP contribution in [0.5, 0.6) is 17.2 Å². The van der Waals surface area contributed by atoms with Crippen LogP contribution in [0, 0.1) is 0 Å². The summed E-state index contributed by atoms with van der Waals surface area (Å²) in [6.07, 6.45) is -0.256. The predicted molar refractivity (Wildman–Crippen MR) is 55.8 cm³/mol. The average molecular weight is 248 g/mol. The van der Waals surface area contributed by atoms with Gasteiger partial charge in [-0.2, -0.15) is 0 Å². The van der Waals surface area contributed by atoms with Crippen LogP contribution in [0.15, 0.2) is 6.07 Å². The Labute approximate surface area is 95.5 Å². The largest absolute Gasteiger partial charge is 0.504 e. The van der Waals surface area contributed by atoms with Crippen molar-refractivity contribution in [3.8, 4) is 17.2 Å². The normalized spacial score (nSPS) is 12.4. The molecule has 1 aromatic carbocycles. The van der Waals surface area contributed by atoms with Crippen LogP contribution < -0.4 is 5.73 Å². The summed E-state index contributed by atoms with van der Waals surface area (Å²) in [7, 11) is 0. The van der Waals surface area contributed by atoms with Gasteiger partial charge in [-0.1, -0.05) is 11.6 Å². The maximum Gasteiger partial charge on any atom is 0.320 e. The fourth-order valence-corrected chi connectivity index (χ4v) is 1.42. The topological polar surface area (TPSA) is 124 Å². The number of aromatic hydroxyl groups is 3. The van der Waals surface area contributed by atoms with Gasteiger partial charge in [-0.3, -0.25) is 4.79 Å². The molecule has 0 aliphatic heterocycles. The monoisotopic (exact) mass is 247 g/mol. The van der Waals surface area contributed by atoms with E-state index in [4.69, 9.17) is 27.5 Å². The summed E-state index contributed by atoms with van der Waals surface area (Å²) < 4.78 is 0. The number of rotatable bonds is 3. The van der Waals surface area contributed by atoms with Crippen LogP contribution >= 0.6 is 11.6 Å². The van der Waals surface area contributed by atoms with Gasteiger partial charge < -0.3 is 26.2 Å². The minimum atomic E-state index is -1.26. The first kappa shape index (κ1) is 12.4. The molecule has 0 saturated heterocycles. The molecule has 1 aromatic rings. The number of benzene rings is 1. The second-order valence-electron chi connectivity index (χ2n) is 3.20. The molecule has 0 fully saturated rings. The number of phenolic OH excluding ortho intramolecular Hbond substituents is 3. The lowest BCUT2D eigenvalue weighted by Gasteiger charge is -2.12. The van der Waals surface area contributed by atoms with E-state index in [0.29, 0.717) is 0 Å². The minimum absolute atomic E-state index is 0.0214. The number of nitrogens with two attached hydrogens (primary N) is 1. The molecule has 0 spiro atoms. The standard InChI is InChI=1S/C9H10ClNO5/c10-4-2-6(12)8(14)7(13)3(4)1-5(11)9(15)16/h2,5,12-14H,1,11H2,(H,15,16)/t5-/m0/s1. The number of phenols is 3. The van der Waals surface area contributed by atoms with Gasteiger partial charge in [-0.15, -0.1) is 0 Å². The van der Waals surface area contributed by atoms with E-state index in [2.05, 4.69) is 0 Å². The van der Waals surface area contributed by atoms with Gasteiger partial charge in [0.15, 0.2) is 11.5 Å². The van der Waals surface area contributed by atoms with E-state index in [-0.39, 0.29) is 17.0 Å². The molecule has 0 aromatic heterocycles. The van der Waals surface area contributed by atoms with E-state index >= 15 is 0 Å². The molecule has 0 radical (unpaired) electrons. The molecule has 0 unspecified atom stereocenters. The van der Waals surface area contributed by atoms with Gasteiger partial charge >= 0.3 is 5.97 Å². The van der Waals surface area contributed by atoms with Gasteiger partial charge in [-0.05, 0) is 0 Å². The van der Waals surface area contributed by atoms with Crippen molar-refractivity contribution >= 4 is 17.6 Å². The lowest BCUT2D eigenvalue weighted by molar-refractivity contribution is -0.138. The highest BCUT2D eigenvalue weighted by Crippen LogP contribution is 2.41. The van der Waals surface area contributed by atoms with Gasteiger partial charge in [0, 0.05) is 18.1 Å². The van der Waals surface area contributed by atoms with Gasteiger partial charge in [0.1, 0.15) is 6.04 Å². The second-order valence-corrected chi connectivity index (χ2v) is 3.61. The zero-order valence-electron chi connectivity index (χ0n) is 8.01. The number of carbonyl (C=O) groups is 1. The molecule has 0 bridgehead atoms. The van der Waals surface area contributed by atoms with Crippen molar-refractivity contribution in [1.29, 1.82) is 0 Å². The van der Waals surface area contributed by atoms with Gasteiger partial charge in [-0.25, -0.2) is 0 Å². The second kappa shape index (κ2) is 4.46. The van der Waals surface area contributed by atoms with Gasteiger partial charge in [0.25, 0.3) is 0 Å². The number of aliphatic carboxylic acids is 1. The summed E-state index contributed by atoms with van der Waals surface area (Å²) in [5.41, 5.74) is 5.24. The Kier molecular flexibility index (Phi) is 3.46. The maximum absolute atomic E-state index is 10.5. The molecule has 0 aliphatic rings. The number of hydrogen-bond donors (Lipinski definition) is 5. The highest BCUT2D eigenvalue weighted by atomic mass is 35.5. The Balaban J connectivity index is 3.14. The summed E-state index contributed by atoms with van der Waals surface area (Å²) in [5.74, 6) is -3.27. The smallest absolute Gasteiger partial charge is 0.320 e. The molecular weight excluding hydrogens is 238 g/mol. The first-order chi connectivity index (χ1) is 7.34. The van der Waals surface area contributed by atoms with Crippen molar-refractivity contribution in [2.75, 3.05) is 0 Å². The third kappa shape index (κ3) is 2.29. The van der Waals surface area contributed by atoms with E-state index < -0.39 is 29.3 Å². The lowest BCUT2D eigenvalue weighted by atomic mass is 10.0. The molecule has 1 rings (SSSR count). The third-order valence-corrected chi connectivity index (χ3v) is 2.38. The van der Waals surface area contributed by atoms with Crippen LogP contribution in [0.1, 0.15) is 5.56 Å². The average Bonchev–Trinajstić information content (AvgIpc) is 2.20. The molecule has 7 heteroatoms. The fourth-order valence-electron chi connectivity index (χ4n) is 1.15. The van der Waals surface area contributed by atoms with Gasteiger partial charge in [0.05, 0.1) is 5.02 Å². The van der Waals surface area contributed by atoms with Crippen molar-refractivity contribution in [3.63, 3.8) is 0 Å². The van der Waals surface area contributed by atoms with E-state index in [1.165, 1.54) is 0 Å². The van der Waals surface area contributed by atoms with E-state index in [1.807, 2.05) is 0 Å². The van der Waals surface area contributed by atoms with Crippen LogP contribution in [0.3, 0.4) is 0 Å². The number of carboxylic acid groups (broad SMARTS) is 1.